The number of carbonyl (C=O) groups is 1. The molecule has 0 spiro atoms. The molecule has 0 aliphatic rings. The number of aromatic nitrogens is 1. The molecule has 0 fully saturated rings. The highest BCUT2D eigenvalue weighted by Crippen LogP contribution is 2.34. The van der Waals surface area contributed by atoms with Crippen LogP contribution in [0.2, 0.25) is 0 Å². The van der Waals surface area contributed by atoms with E-state index < -0.39 is 18.4 Å². The van der Waals surface area contributed by atoms with Crippen LogP contribution in [0, 0.1) is 5.82 Å². The number of amides is 1. The number of hydrogen-bond donors (Lipinski definition) is 2. The first-order chi connectivity index (χ1) is 13.5. The van der Waals surface area contributed by atoms with Gasteiger partial charge in [0.05, 0.1) is 12.7 Å². The van der Waals surface area contributed by atoms with Crippen LogP contribution in [-0.2, 0) is 6.67 Å². The molecular formula is C20H16F2N2O4. The van der Waals surface area contributed by atoms with Crippen LogP contribution in [-0.4, -0.2) is 18.0 Å². The Hall–Kier alpha value is -3.68. The van der Waals surface area contributed by atoms with Crippen molar-refractivity contribution in [2.45, 2.75) is 6.67 Å². The molecule has 3 aromatic rings. The first-order valence-corrected chi connectivity index (χ1v) is 8.20. The molecule has 1 amide bonds. The number of alkyl halides is 1. The average molecular weight is 386 g/mol. The van der Waals surface area contributed by atoms with Crippen molar-refractivity contribution >= 4 is 11.6 Å². The molecule has 0 aliphatic heterocycles. The lowest BCUT2D eigenvalue weighted by Gasteiger charge is -2.14. The first-order valence-electron chi connectivity index (χ1n) is 8.20. The zero-order valence-electron chi connectivity index (χ0n) is 14.8. The SMILES string of the molecule is COc1cc(F)ccc1Oc1ccc(CF)cc1C(=O)Nc1cc[nH]c(=O)c1. The van der Waals surface area contributed by atoms with E-state index in [9.17, 15) is 18.4 Å². The van der Waals surface area contributed by atoms with Gasteiger partial charge in [0, 0.05) is 24.0 Å². The number of anilines is 1. The van der Waals surface area contributed by atoms with Crippen molar-refractivity contribution in [3.8, 4) is 17.2 Å². The molecule has 8 heteroatoms. The molecule has 0 saturated carbocycles. The van der Waals surface area contributed by atoms with Gasteiger partial charge in [-0.15, -0.1) is 0 Å². The fraction of sp³-hybridized carbons (Fsp3) is 0.100. The molecule has 0 atom stereocenters. The van der Waals surface area contributed by atoms with E-state index in [0.717, 1.165) is 6.07 Å². The standard InChI is InChI=1S/C20H16F2N2O4/c1-27-18-9-13(22)3-5-17(18)28-16-4-2-12(11-21)8-15(16)20(26)24-14-6-7-23-19(25)10-14/h2-10H,11H2,1H3,(H2,23,24,25,26). The van der Waals surface area contributed by atoms with Gasteiger partial charge in [0.2, 0.25) is 5.56 Å². The van der Waals surface area contributed by atoms with Crippen LogP contribution < -0.4 is 20.3 Å². The number of aromatic amines is 1. The predicted octanol–water partition coefficient (Wildman–Crippen LogP) is 4.04. The van der Waals surface area contributed by atoms with Crippen molar-refractivity contribution < 1.29 is 23.0 Å². The molecule has 0 saturated heterocycles. The van der Waals surface area contributed by atoms with E-state index in [1.165, 1.54) is 55.8 Å². The van der Waals surface area contributed by atoms with E-state index in [2.05, 4.69) is 10.3 Å². The summed E-state index contributed by atoms with van der Waals surface area (Å²) >= 11 is 0. The number of halogens is 2. The maximum atomic E-state index is 13.4. The van der Waals surface area contributed by atoms with Gasteiger partial charge in [-0.2, -0.15) is 0 Å². The molecule has 6 nitrogen and oxygen atoms in total. The summed E-state index contributed by atoms with van der Waals surface area (Å²) in [5, 5.41) is 2.56. The third-order valence-electron chi connectivity index (χ3n) is 3.82. The highest BCUT2D eigenvalue weighted by Gasteiger charge is 2.17. The number of rotatable bonds is 6. The molecule has 144 valence electrons. The number of carbonyl (C=O) groups excluding carboxylic acids is 1. The maximum absolute atomic E-state index is 13.4. The second-order valence-corrected chi connectivity index (χ2v) is 5.76. The third-order valence-corrected chi connectivity index (χ3v) is 3.82. The normalized spacial score (nSPS) is 10.4. The molecule has 28 heavy (non-hydrogen) atoms. The summed E-state index contributed by atoms with van der Waals surface area (Å²) in [7, 11) is 1.36. The van der Waals surface area contributed by atoms with Crippen molar-refractivity contribution in [2.24, 2.45) is 0 Å². The van der Waals surface area contributed by atoms with Crippen LogP contribution in [0.3, 0.4) is 0 Å². The molecule has 1 aromatic heterocycles. The molecule has 2 N–H and O–H groups in total. The van der Waals surface area contributed by atoms with Gasteiger partial charge < -0.3 is 19.8 Å². The van der Waals surface area contributed by atoms with Gasteiger partial charge in [0.25, 0.3) is 5.91 Å². The third kappa shape index (κ3) is 4.35. The van der Waals surface area contributed by atoms with Gasteiger partial charge in [0.15, 0.2) is 11.5 Å². The van der Waals surface area contributed by atoms with Gasteiger partial charge in [-0.25, -0.2) is 8.78 Å². The molecule has 0 aliphatic carbocycles. The van der Waals surface area contributed by atoms with E-state index in [4.69, 9.17) is 9.47 Å². The van der Waals surface area contributed by atoms with E-state index in [0.29, 0.717) is 0 Å². The van der Waals surface area contributed by atoms with Crippen LogP contribution >= 0.6 is 0 Å². The molecular weight excluding hydrogens is 370 g/mol. The minimum atomic E-state index is -0.772. The topological polar surface area (TPSA) is 80.4 Å². The zero-order valence-corrected chi connectivity index (χ0v) is 14.8. The summed E-state index contributed by atoms with van der Waals surface area (Å²) in [4.78, 5) is 26.5. The Balaban J connectivity index is 1.96. The second kappa shape index (κ2) is 8.34. The average Bonchev–Trinajstić information content (AvgIpc) is 2.69. The Morgan fingerprint density at radius 1 is 1.07 bits per heavy atom. The number of pyridine rings is 1. The zero-order chi connectivity index (χ0) is 20.1. The van der Waals surface area contributed by atoms with Crippen LogP contribution in [0.1, 0.15) is 15.9 Å². The molecule has 1 heterocycles. The van der Waals surface area contributed by atoms with E-state index in [1.54, 1.807) is 0 Å². The first kappa shape index (κ1) is 19.1. The quantitative estimate of drug-likeness (QED) is 0.670. The number of H-pyrrole nitrogens is 1. The van der Waals surface area contributed by atoms with Gasteiger partial charge >= 0.3 is 0 Å². The van der Waals surface area contributed by atoms with Crippen molar-refractivity contribution in [3.63, 3.8) is 0 Å². The monoisotopic (exact) mass is 386 g/mol. The lowest BCUT2D eigenvalue weighted by molar-refractivity contribution is 0.102. The Bertz CT molecular complexity index is 1070. The Kier molecular flexibility index (Phi) is 5.69. The van der Waals surface area contributed by atoms with Gasteiger partial charge in [-0.05, 0) is 35.9 Å². The van der Waals surface area contributed by atoms with E-state index in [-0.39, 0.29) is 39.6 Å². The number of nitrogens with one attached hydrogen (secondary N) is 2. The maximum Gasteiger partial charge on any atom is 0.259 e. The van der Waals surface area contributed by atoms with Gasteiger partial charge in [-0.3, -0.25) is 9.59 Å². The second-order valence-electron chi connectivity index (χ2n) is 5.76. The molecule has 0 bridgehead atoms. The van der Waals surface area contributed by atoms with Crippen LogP contribution in [0.15, 0.2) is 59.5 Å². The lowest BCUT2D eigenvalue weighted by atomic mass is 10.1. The Morgan fingerprint density at radius 2 is 1.86 bits per heavy atom. The smallest absolute Gasteiger partial charge is 0.259 e. The number of ether oxygens (including phenoxy) is 2. The highest BCUT2D eigenvalue weighted by atomic mass is 19.1. The number of hydrogen-bond acceptors (Lipinski definition) is 4. The highest BCUT2D eigenvalue weighted by molar-refractivity contribution is 6.06. The minimum Gasteiger partial charge on any atom is -0.493 e. The molecule has 0 unspecified atom stereocenters. The van der Waals surface area contributed by atoms with Gasteiger partial charge in [0.1, 0.15) is 18.2 Å². The van der Waals surface area contributed by atoms with Crippen molar-refractivity contribution in [2.75, 3.05) is 12.4 Å². The molecule has 2 aromatic carbocycles. The van der Waals surface area contributed by atoms with Gasteiger partial charge in [-0.1, -0.05) is 6.07 Å². The molecule has 3 rings (SSSR count). The van der Waals surface area contributed by atoms with Crippen LogP contribution in [0.25, 0.3) is 0 Å². The van der Waals surface area contributed by atoms with Crippen molar-refractivity contribution in [1.82, 2.24) is 4.98 Å². The minimum absolute atomic E-state index is 0.0433. The van der Waals surface area contributed by atoms with Crippen molar-refractivity contribution in [3.05, 3.63) is 82.0 Å². The van der Waals surface area contributed by atoms with Crippen LogP contribution in [0.4, 0.5) is 14.5 Å². The van der Waals surface area contributed by atoms with E-state index in [1.807, 2.05) is 0 Å². The largest absolute Gasteiger partial charge is 0.493 e. The van der Waals surface area contributed by atoms with Crippen LogP contribution in [0.5, 0.6) is 17.2 Å². The summed E-state index contributed by atoms with van der Waals surface area (Å²) in [6, 6.07) is 10.6. The number of methoxy groups -OCH3 is 1. The summed E-state index contributed by atoms with van der Waals surface area (Å²) in [5.74, 6) is -0.678. The predicted molar refractivity (Wildman–Crippen MR) is 99.3 cm³/mol. The summed E-state index contributed by atoms with van der Waals surface area (Å²) in [5.41, 5.74) is 0.198. The Morgan fingerprint density at radius 3 is 2.57 bits per heavy atom. The summed E-state index contributed by atoms with van der Waals surface area (Å²) < 4.78 is 37.3. The Labute approximate surface area is 158 Å². The summed E-state index contributed by atoms with van der Waals surface area (Å²) in [6.45, 7) is -0.772. The number of benzene rings is 2. The molecule has 0 radical (unpaired) electrons. The fourth-order valence-electron chi connectivity index (χ4n) is 2.49. The summed E-state index contributed by atoms with van der Waals surface area (Å²) in [6.07, 6.45) is 1.39. The van der Waals surface area contributed by atoms with Crippen molar-refractivity contribution in [1.29, 1.82) is 0 Å². The lowest BCUT2D eigenvalue weighted by Crippen LogP contribution is -2.15. The van der Waals surface area contributed by atoms with E-state index >= 15 is 0 Å². The fourth-order valence-corrected chi connectivity index (χ4v) is 2.49.